The number of aromatic amines is 1. The number of H-pyrrole nitrogens is 1. The standard InChI is InChI=1S/C29H24BrN3O3S/c1-37-15-14-22-23(16-10-12-17(30)13-11-16)24(25(34)28-31-20-8-4-5-9-21(20)32-28)29(33-22)26(35)18-6-2-3-7-19(18)27(29)36/h2-13,22-24,33H,14-15H2,1H3,(H,31,32). The fourth-order valence-corrected chi connectivity index (χ4v) is 6.73. The van der Waals surface area contributed by atoms with Crippen LogP contribution in [0.5, 0.6) is 0 Å². The first-order chi connectivity index (χ1) is 18.0. The van der Waals surface area contributed by atoms with E-state index in [0.29, 0.717) is 23.1 Å². The van der Waals surface area contributed by atoms with Crippen molar-refractivity contribution < 1.29 is 14.4 Å². The number of carbonyl (C=O) groups is 3. The van der Waals surface area contributed by atoms with Crippen molar-refractivity contribution in [3.63, 3.8) is 0 Å². The molecule has 3 aromatic carbocycles. The van der Waals surface area contributed by atoms with Gasteiger partial charge < -0.3 is 4.98 Å². The Hall–Kier alpha value is -3.07. The summed E-state index contributed by atoms with van der Waals surface area (Å²) in [7, 11) is 0. The summed E-state index contributed by atoms with van der Waals surface area (Å²) in [5.41, 5.74) is 1.35. The highest BCUT2D eigenvalue weighted by Crippen LogP contribution is 2.50. The van der Waals surface area contributed by atoms with Gasteiger partial charge in [0, 0.05) is 27.6 Å². The van der Waals surface area contributed by atoms with E-state index in [-0.39, 0.29) is 29.2 Å². The first-order valence-corrected chi connectivity index (χ1v) is 14.3. The van der Waals surface area contributed by atoms with Crippen LogP contribution >= 0.6 is 27.7 Å². The highest BCUT2D eigenvalue weighted by atomic mass is 79.9. The van der Waals surface area contributed by atoms with Crippen molar-refractivity contribution in [2.75, 3.05) is 12.0 Å². The van der Waals surface area contributed by atoms with Gasteiger partial charge in [-0.05, 0) is 48.3 Å². The van der Waals surface area contributed by atoms with E-state index in [1.807, 2.05) is 54.8 Å². The van der Waals surface area contributed by atoms with Gasteiger partial charge in [0.25, 0.3) is 0 Å². The summed E-state index contributed by atoms with van der Waals surface area (Å²) in [5, 5.41) is 3.46. The number of ketones is 3. The molecular weight excluding hydrogens is 550 g/mol. The molecule has 0 amide bonds. The van der Waals surface area contributed by atoms with Crippen LogP contribution in [0.4, 0.5) is 0 Å². The molecule has 1 fully saturated rings. The normalized spacial score (nSPS) is 22.2. The molecule has 0 bridgehead atoms. The Morgan fingerprint density at radius 2 is 1.62 bits per heavy atom. The lowest BCUT2D eigenvalue weighted by Crippen LogP contribution is -2.58. The average Bonchev–Trinajstić information content (AvgIpc) is 3.56. The predicted octanol–water partition coefficient (Wildman–Crippen LogP) is 5.45. The topological polar surface area (TPSA) is 91.9 Å². The first kappa shape index (κ1) is 24.3. The number of fused-ring (bicyclic) bond motifs is 2. The molecule has 6 nitrogen and oxygen atoms in total. The Labute approximate surface area is 226 Å². The number of imidazole rings is 1. The Morgan fingerprint density at radius 3 is 2.27 bits per heavy atom. The predicted molar refractivity (Wildman–Crippen MR) is 149 cm³/mol. The molecule has 1 saturated heterocycles. The van der Waals surface area contributed by atoms with E-state index in [1.54, 1.807) is 36.0 Å². The van der Waals surface area contributed by atoms with Crippen LogP contribution in [0.15, 0.2) is 77.3 Å². The molecule has 2 N–H and O–H groups in total. The lowest BCUT2D eigenvalue weighted by molar-refractivity contribution is 0.0653. The second-order valence-corrected chi connectivity index (χ2v) is 11.5. The zero-order valence-electron chi connectivity index (χ0n) is 20.0. The second kappa shape index (κ2) is 9.35. The molecule has 3 unspecified atom stereocenters. The summed E-state index contributed by atoms with van der Waals surface area (Å²) >= 11 is 5.20. The Balaban J connectivity index is 1.56. The van der Waals surface area contributed by atoms with Crippen LogP contribution in [0.2, 0.25) is 0 Å². The van der Waals surface area contributed by atoms with E-state index in [9.17, 15) is 14.4 Å². The first-order valence-electron chi connectivity index (χ1n) is 12.2. The number of thioether (sulfide) groups is 1. The number of hydrogen-bond donors (Lipinski definition) is 2. The third-order valence-corrected chi connectivity index (χ3v) is 8.77. The van der Waals surface area contributed by atoms with Crippen molar-refractivity contribution in [1.29, 1.82) is 0 Å². The summed E-state index contributed by atoms with van der Waals surface area (Å²) in [6.45, 7) is 0. The molecule has 186 valence electrons. The van der Waals surface area contributed by atoms with E-state index < -0.39 is 17.4 Å². The Kier molecular flexibility index (Phi) is 6.13. The highest BCUT2D eigenvalue weighted by molar-refractivity contribution is 9.10. The minimum absolute atomic E-state index is 0.163. The van der Waals surface area contributed by atoms with Gasteiger partial charge in [-0.3, -0.25) is 19.7 Å². The lowest BCUT2D eigenvalue weighted by Gasteiger charge is -2.29. The zero-order valence-corrected chi connectivity index (χ0v) is 22.4. The monoisotopic (exact) mass is 573 g/mol. The summed E-state index contributed by atoms with van der Waals surface area (Å²) in [4.78, 5) is 50.4. The molecule has 6 rings (SSSR count). The third kappa shape index (κ3) is 3.73. The summed E-state index contributed by atoms with van der Waals surface area (Å²) in [6.07, 6.45) is 2.72. The SMILES string of the molecule is CSCCC1NC2(C(=O)c3ccccc3C2=O)C(C(=O)c2nc3ccccc3[nH]2)C1c1ccc(Br)cc1. The molecule has 8 heteroatoms. The number of carbonyl (C=O) groups excluding carboxylic acids is 3. The number of nitrogens with zero attached hydrogens (tertiary/aromatic N) is 1. The van der Waals surface area contributed by atoms with Crippen LogP contribution < -0.4 is 5.32 Å². The van der Waals surface area contributed by atoms with Crippen molar-refractivity contribution in [1.82, 2.24) is 15.3 Å². The van der Waals surface area contributed by atoms with Gasteiger partial charge in [-0.2, -0.15) is 11.8 Å². The fraction of sp³-hybridized carbons (Fsp3) is 0.241. The largest absolute Gasteiger partial charge is 0.335 e. The van der Waals surface area contributed by atoms with E-state index in [1.165, 1.54) is 0 Å². The summed E-state index contributed by atoms with van der Waals surface area (Å²) in [5.74, 6) is -1.39. The number of halogens is 1. The van der Waals surface area contributed by atoms with Crippen molar-refractivity contribution >= 4 is 56.1 Å². The van der Waals surface area contributed by atoms with Crippen LogP contribution in [0.1, 0.15) is 49.2 Å². The number of hydrogen-bond acceptors (Lipinski definition) is 6. The van der Waals surface area contributed by atoms with Gasteiger partial charge in [-0.25, -0.2) is 4.98 Å². The minimum Gasteiger partial charge on any atom is -0.335 e. The molecule has 2 heterocycles. The van der Waals surface area contributed by atoms with Crippen LogP contribution in [-0.4, -0.2) is 50.9 Å². The lowest BCUT2D eigenvalue weighted by atomic mass is 9.70. The Bertz CT molecular complexity index is 1480. The van der Waals surface area contributed by atoms with Crippen LogP contribution in [0.25, 0.3) is 11.0 Å². The smallest absolute Gasteiger partial charge is 0.204 e. The average molecular weight is 575 g/mol. The van der Waals surface area contributed by atoms with Gasteiger partial charge >= 0.3 is 0 Å². The molecule has 3 atom stereocenters. The van der Waals surface area contributed by atoms with Crippen molar-refractivity contribution in [3.8, 4) is 0 Å². The van der Waals surface area contributed by atoms with Gasteiger partial charge in [0.15, 0.2) is 22.9 Å². The van der Waals surface area contributed by atoms with Crippen LogP contribution in [-0.2, 0) is 0 Å². The number of aromatic nitrogens is 2. The summed E-state index contributed by atoms with van der Waals surface area (Å²) in [6, 6.07) is 21.8. The van der Waals surface area contributed by atoms with Gasteiger partial charge in [0.05, 0.1) is 17.0 Å². The number of benzene rings is 3. The van der Waals surface area contributed by atoms with Gasteiger partial charge in [-0.15, -0.1) is 0 Å². The summed E-state index contributed by atoms with van der Waals surface area (Å²) < 4.78 is 0.915. The van der Waals surface area contributed by atoms with E-state index in [0.717, 1.165) is 21.3 Å². The van der Waals surface area contributed by atoms with E-state index >= 15 is 0 Å². The molecule has 1 aromatic heterocycles. The van der Waals surface area contributed by atoms with E-state index in [4.69, 9.17) is 0 Å². The Morgan fingerprint density at radius 1 is 0.973 bits per heavy atom. The molecular formula is C29H24BrN3O3S. The maximum Gasteiger partial charge on any atom is 0.204 e. The number of Topliss-reactive ketones (excluding diaryl/α,β-unsaturated/α-hetero) is 3. The number of rotatable bonds is 6. The molecule has 1 aliphatic carbocycles. The van der Waals surface area contributed by atoms with E-state index in [2.05, 4.69) is 31.2 Å². The van der Waals surface area contributed by atoms with Gasteiger partial charge in [0.1, 0.15) is 0 Å². The van der Waals surface area contributed by atoms with Crippen LogP contribution in [0.3, 0.4) is 0 Å². The molecule has 4 aromatic rings. The molecule has 0 radical (unpaired) electrons. The second-order valence-electron chi connectivity index (χ2n) is 9.57. The molecule has 1 aliphatic heterocycles. The zero-order chi connectivity index (χ0) is 25.7. The highest BCUT2D eigenvalue weighted by Gasteiger charge is 2.67. The molecule has 1 spiro atoms. The van der Waals surface area contributed by atoms with Crippen LogP contribution in [0, 0.1) is 5.92 Å². The number of para-hydroxylation sites is 2. The number of nitrogens with one attached hydrogen (secondary N) is 2. The third-order valence-electron chi connectivity index (χ3n) is 7.60. The molecule has 37 heavy (non-hydrogen) atoms. The molecule has 2 aliphatic rings. The van der Waals surface area contributed by atoms with Crippen molar-refractivity contribution in [2.24, 2.45) is 5.92 Å². The van der Waals surface area contributed by atoms with Crippen molar-refractivity contribution in [3.05, 3.63) is 99.8 Å². The maximum atomic E-state index is 14.4. The molecule has 0 saturated carbocycles. The fourth-order valence-electron chi connectivity index (χ4n) is 5.98. The minimum atomic E-state index is -1.68. The van der Waals surface area contributed by atoms with Gasteiger partial charge in [-0.1, -0.05) is 64.5 Å². The maximum absolute atomic E-state index is 14.4. The quantitative estimate of drug-likeness (QED) is 0.235. The van der Waals surface area contributed by atoms with Gasteiger partial charge in [0.2, 0.25) is 5.78 Å². The van der Waals surface area contributed by atoms with Crippen molar-refractivity contribution in [2.45, 2.75) is 23.9 Å².